The zero-order valence-electron chi connectivity index (χ0n) is 11.0. The van der Waals surface area contributed by atoms with Crippen molar-refractivity contribution in [2.24, 2.45) is 11.1 Å². The predicted molar refractivity (Wildman–Crippen MR) is 66.3 cm³/mol. The number of aliphatic hydroxyl groups excluding tert-OH is 1. The van der Waals surface area contributed by atoms with Gasteiger partial charge in [-0.15, -0.1) is 0 Å². The average Bonchev–Trinajstić information content (AvgIpc) is 2.47. The first kappa shape index (κ1) is 12.8. The molecular weight excluding hydrogens is 216 g/mol. The van der Waals surface area contributed by atoms with Crippen LogP contribution in [0.1, 0.15) is 46.5 Å². The number of carbonyl (C=O) groups excluding carboxylic acids is 1. The molecule has 3 N–H and O–H groups in total. The van der Waals surface area contributed by atoms with E-state index in [-0.39, 0.29) is 29.5 Å². The topological polar surface area (TPSA) is 66.6 Å². The lowest BCUT2D eigenvalue weighted by Crippen LogP contribution is -2.56. The van der Waals surface area contributed by atoms with Crippen LogP contribution in [0.15, 0.2) is 0 Å². The third-order valence-electron chi connectivity index (χ3n) is 4.16. The number of hydrogen-bond acceptors (Lipinski definition) is 3. The van der Waals surface area contributed by atoms with Crippen molar-refractivity contribution in [2.75, 3.05) is 0 Å². The fourth-order valence-corrected chi connectivity index (χ4v) is 3.04. The summed E-state index contributed by atoms with van der Waals surface area (Å²) in [5, 5.41) is 9.72. The first-order chi connectivity index (χ1) is 7.80. The summed E-state index contributed by atoms with van der Waals surface area (Å²) < 4.78 is 0. The molecule has 4 nitrogen and oxygen atoms in total. The van der Waals surface area contributed by atoms with E-state index in [0.29, 0.717) is 0 Å². The third-order valence-corrected chi connectivity index (χ3v) is 4.16. The highest BCUT2D eigenvalue weighted by Crippen LogP contribution is 2.37. The molecule has 0 radical (unpaired) electrons. The molecular formula is C13H24N2O2. The van der Waals surface area contributed by atoms with Crippen LogP contribution >= 0.6 is 0 Å². The van der Waals surface area contributed by atoms with Gasteiger partial charge in [0.2, 0.25) is 5.91 Å². The van der Waals surface area contributed by atoms with E-state index in [2.05, 4.69) is 0 Å². The average molecular weight is 240 g/mol. The number of nitrogens with two attached hydrogens (primary N) is 1. The minimum atomic E-state index is -0.444. The number of hydrogen-bond donors (Lipinski definition) is 2. The number of aliphatic hydroxyl groups is 1. The Hall–Kier alpha value is -0.610. The van der Waals surface area contributed by atoms with Crippen molar-refractivity contribution in [3.63, 3.8) is 0 Å². The van der Waals surface area contributed by atoms with Crippen LogP contribution in [0.25, 0.3) is 0 Å². The summed E-state index contributed by atoms with van der Waals surface area (Å²) in [5.41, 5.74) is 5.86. The molecule has 3 atom stereocenters. The van der Waals surface area contributed by atoms with E-state index in [1.54, 1.807) is 0 Å². The number of fused-ring (bicyclic) bond motifs is 2. The summed E-state index contributed by atoms with van der Waals surface area (Å²) in [6.07, 6.45) is 3.25. The smallest absolute Gasteiger partial charge is 0.240 e. The number of amides is 1. The van der Waals surface area contributed by atoms with E-state index < -0.39 is 6.04 Å². The summed E-state index contributed by atoms with van der Waals surface area (Å²) in [5.74, 6) is 0.0666. The van der Waals surface area contributed by atoms with E-state index in [1.165, 1.54) is 0 Å². The molecule has 4 heteroatoms. The van der Waals surface area contributed by atoms with Crippen molar-refractivity contribution in [3.8, 4) is 0 Å². The van der Waals surface area contributed by atoms with Crippen molar-refractivity contribution in [1.29, 1.82) is 0 Å². The molecule has 2 aliphatic rings. The number of carbonyl (C=O) groups is 1. The second-order valence-corrected chi connectivity index (χ2v) is 6.60. The second-order valence-electron chi connectivity index (χ2n) is 6.60. The summed E-state index contributed by atoms with van der Waals surface area (Å²) in [6, 6.07) is -0.0184. The normalized spacial score (nSPS) is 34.9. The van der Waals surface area contributed by atoms with Crippen molar-refractivity contribution in [3.05, 3.63) is 0 Å². The summed E-state index contributed by atoms with van der Waals surface area (Å²) in [7, 11) is 0. The van der Waals surface area contributed by atoms with Gasteiger partial charge in [-0.1, -0.05) is 20.8 Å². The Morgan fingerprint density at radius 3 is 2.18 bits per heavy atom. The Labute approximate surface area is 103 Å². The maximum absolute atomic E-state index is 12.4. The van der Waals surface area contributed by atoms with Gasteiger partial charge in [-0.05, 0) is 31.1 Å². The largest absolute Gasteiger partial charge is 0.393 e. The van der Waals surface area contributed by atoms with E-state index in [9.17, 15) is 9.90 Å². The van der Waals surface area contributed by atoms with Crippen LogP contribution in [0.3, 0.4) is 0 Å². The van der Waals surface area contributed by atoms with Crippen LogP contribution in [0.4, 0.5) is 0 Å². The molecule has 98 valence electrons. The van der Waals surface area contributed by atoms with E-state index >= 15 is 0 Å². The number of nitrogens with zero attached hydrogens (tertiary/aromatic N) is 1. The Morgan fingerprint density at radius 2 is 1.76 bits per heavy atom. The van der Waals surface area contributed by atoms with Crippen LogP contribution in [-0.2, 0) is 4.79 Å². The first-order valence-electron chi connectivity index (χ1n) is 6.56. The Morgan fingerprint density at radius 1 is 1.29 bits per heavy atom. The SMILES string of the molecule is CC(C)(C)[C@H](N)C(=O)N1C2CCC1CC(O)C2. The van der Waals surface area contributed by atoms with E-state index in [0.717, 1.165) is 25.7 Å². The molecule has 0 aliphatic carbocycles. The van der Waals surface area contributed by atoms with Crippen LogP contribution < -0.4 is 5.73 Å². The highest BCUT2D eigenvalue weighted by atomic mass is 16.3. The van der Waals surface area contributed by atoms with Crippen LogP contribution in [0.5, 0.6) is 0 Å². The van der Waals surface area contributed by atoms with Gasteiger partial charge >= 0.3 is 0 Å². The van der Waals surface area contributed by atoms with Crippen LogP contribution in [0, 0.1) is 5.41 Å². The fraction of sp³-hybridized carbons (Fsp3) is 0.923. The fourth-order valence-electron chi connectivity index (χ4n) is 3.04. The van der Waals surface area contributed by atoms with Crippen molar-refractivity contribution >= 4 is 5.91 Å². The molecule has 0 aromatic carbocycles. The molecule has 2 bridgehead atoms. The molecule has 17 heavy (non-hydrogen) atoms. The van der Waals surface area contributed by atoms with Gasteiger partial charge in [0.05, 0.1) is 12.1 Å². The van der Waals surface area contributed by atoms with Crippen molar-refractivity contribution in [2.45, 2.75) is 70.7 Å². The summed E-state index contributed by atoms with van der Waals surface area (Å²) in [6.45, 7) is 5.99. The number of piperidine rings is 1. The van der Waals surface area contributed by atoms with Gasteiger partial charge in [0.15, 0.2) is 0 Å². The second kappa shape index (κ2) is 4.25. The highest BCUT2D eigenvalue weighted by molar-refractivity contribution is 5.83. The third kappa shape index (κ3) is 2.33. The maximum atomic E-state index is 12.4. The molecule has 2 rings (SSSR count). The van der Waals surface area contributed by atoms with Gasteiger partial charge in [-0.2, -0.15) is 0 Å². The Balaban J connectivity index is 2.11. The van der Waals surface area contributed by atoms with Crippen molar-refractivity contribution < 1.29 is 9.90 Å². The van der Waals surface area contributed by atoms with Gasteiger partial charge in [-0.3, -0.25) is 4.79 Å². The molecule has 0 aromatic rings. The molecule has 2 heterocycles. The van der Waals surface area contributed by atoms with Gasteiger partial charge in [0.25, 0.3) is 0 Å². The minimum Gasteiger partial charge on any atom is -0.393 e. The molecule has 0 aromatic heterocycles. The number of rotatable bonds is 1. The molecule has 2 unspecified atom stereocenters. The van der Waals surface area contributed by atoms with E-state index in [4.69, 9.17) is 5.73 Å². The lowest BCUT2D eigenvalue weighted by molar-refractivity contribution is -0.141. The Kier molecular flexibility index (Phi) is 3.21. The van der Waals surface area contributed by atoms with Crippen LogP contribution in [-0.4, -0.2) is 40.1 Å². The maximum Gasteiger partial charge on any atom is 0.240 e. The molecule has 0 spiro atoms. The standard InChI is InChI=1S/C13H24N2O2/c1-13(2,3)11(14)12(17)15-8-4-5-9(15)7-10(16)6-8/h8-11,16H,4-7,14H2,1-3H3/t8?,9?,10?,11-/m1/s1. The highest BCUT2D eigenvalue weighted by Gasteiger charge is 2.45. The zero-order chi connectivity index (χ0) is 12.8. The summed E-state index contributed by atoms with van der Waals surface area (Å²) in [4.78, 5) is 14.4. The molecule has 2 fully saturated rings. The lowest BCUT2D eigenvalue weighted by Gasteiger charge is -2.40. The van der Waals surface area contributed by atoms with Gasteiger partial charge in [-0.25, -0.2) is 0 Å². The first-order valence-corrected chi connectivity index (χ1v) is 6.56. The minimum absolute atomic E-state index is 0.0666. The predicted octanol–water partition coefficient (Wildman–Crippen LogP) is 0.874. The van der Waals surface area contributed by atoms with Crippen LogP contribution in [0.2, 0.25) is 0 Å². The monoisotopic (exact) mass is 240 g/mol. The Bertz CT molecular complexity index is 297. The molecule has 1 amide bonds. The van der Waals surface area contributed by atoms with Gasteiger partial charge in [0.1, 0.15) is 0 Å². The zero-order valence-corrected chi connectivity index (χ0v) is 11.0. The quantitative estimate of drug-likeness (QED) is 0.715. The van der Waals surface area contributed by atoms with Gasteiger partial charge in [0, 0.05) is 12.1 Å². The van der Waals surface area contributed by atoms with Gasteiger partial charge < -0.3 is 15.7 Å². The van der Waals surface area contributed by atoms with E-state index in [1.807, 2.05) is 25.7 Å². The van der Waals surface area contributed by atoms with Crippen molar-refractivity contribution in [1.82, 2.24) is 4.90 Å². The lowest BCUT2D eigenvalue weighted by atomic mass is 9.85. The summed E-state index contributed by atoms with van der Waals surface area (Å²) >= 11 is 0. The molecule has 2 aliphatic heterocycles. The molecule has 0 saturated carbocycles. The molecule has 2 saturated heterocycles.